The van der Waals surface area contributed by atoms with Crippen LogP contribution in [0, 0.1) is 0 Å². The first kappa shape index (κ1) is 10.2. The summed E-state index contributed by atoms with van der Waals surface area (Å²) in [6.07, 6.45) is 2.50. The van der Waals surface area contributed by atoms with Gasteiger partial charge in [-0.15, -0.1) is 0 Å². The van der Waals surface area contributed by atoms with Crippen molar-refractivity contribution in [3.8, 4) is 5.69 Å². The zero-order valence-electron chi connectivity index (χ0n) is 8.33. The quantitative estimate of drug-likeness (QED) is 0.796. The average Bonchev–Trinajstić information content (AvgIpc) is 2.77. The summed E-state index contributed by atoms with van der Waals surface area (Å²) in [6.45, 7) is 0. The minimum atomic E-state index is -0.963. The predicted octanol–water partition coefficient (Wildman–Crippen LogP) is 1.99. The third-order valence-corrected chi connectivity index (χ3v) is 2.29. The van der Waals surface area contributed by atoms with E-state index in [2.05, 4.69) is 0 Å². The number of carbonyl (C=O) groups is 2. The second-order valence-corrected chi connectivity index (χ2v) is 3.27. The van der Waals surface area contributed by atoms with E-state index in [1.54, 1.807) is 35.0 Å². The van der Waals surface area contributed by atoms with Crippen molar-refractivity contribution in [3.63, 3.8) is 0 Å². The molecule has 0 atom stereocenters. The van der Waals surface area contributed by atoms with Gasteiger partial charge in [-0.25, -0.2) is 4.79 Å². The number of hydrogen-bond acceptors (Lipinski definition) is 2. The molecule has 0 saturated carbocycles. The molecule has 0 spiro atoms. The highest BCUT2D eigenvalue weighted by Crippen LogP contribution is 2.12. The predicted molar refractivity (Wildman–Crippen MR) is 58.1 cm³/mol. The molecule has 4 heteroatoms. The lowest BCUT2D eigenvalue weighted by atomic mass is 10.2. The van der Waals surface area contributed by atoms with Crippen molar-refractivity contribution in [3.05, 3.63) is 53.9 Å². The van der Waals surface area contributed by atoms with Crippen LogP contribution in [0.25, 0.3) is 5.69 Å². The Kier molecular flexibility index (Phi) is 2.55. The van der Waals surface area contributed by atoms with E-state index in [0.29, 0.717) is 5.69 Å². The third-order valence-electron chi connectivity index (χ3n) is 2.29. The number of aldehydes is 1. The molecule has 0 aliphatic heterocycles. The fourth-order valence-electron chi connectivity index (χ4n) is 1.49. The van der Waals surface area contributed by atoms with Crippen molar-refractivity contribution in [1.29, 1.82) is 0 Å². The van der Waals surface area contributed by atoms with Gasteiger partial charge < -0.3 is 9.67 Å². The summed E-state index contributed by atoms with van der Waals surface area (Å²) in [7, 11) is 0. The third kappa shape index (κ3) is 1.72. The second-order valence-electron chi connectivity index (χ2n) is 3.27. The van der Waals surface area contributed by atoms with Crippen molar-refractivity contribution in [2.75, 3.05) is 0 Å². The average molecular weight is 215 g/mol. The highest BCUT2D eigenvalue weighted by Gasteiger charge is 2.04. The second kappa shape index (κ2) is 4.02. The Labute approximate surface area is 91.8 Å². The highest BCUT2D eigenvalue weighted by molar-refractivity contribution is 5.87. The molecule has 0 aliphatic carbocycles. The van der Waals surface area contributed by atoms with Crippen molar-refractivity contribution in [1.82, 2.24) is 4.57 Å². The molecule has 0 unspecified atom stereocenters. The first-order valence-corrected chi connectivity index (χ1v) is 4.68. The van der Waals surface area contributed by atoms with E-state index in [1.807, 2.05) is 0 Å². The lowest BCUT2D eigenvalue weighted by Crippen LogP contribution is -1.99. The zero-order chi connectivity index (χ0) is 11.5. The van der Waals surface area contributed by atoms with E-state index in [-0.39, 0.29) is 5.56 Å². The maximum atomic E-state index is 10.7. The molecule has 2 aromatic rings. The molecule has 1 heterocycles. The monoisotopic (exact) mass is 215 g/mol. The van der Waals surface area contributed by atoms with Gasteiger partial charge in [0.15, 0.2) is 6.29 Å². The molecule has 2 rings (SSSR count). The number of benzene rings is 1. The lowest BCUT2D eigenvalue weighted by molar-refractivity contribution is 0.0696. The Morgan fingerprint density at radius 1 is 1.19 bits per heavy atom. The summed E-state index contributed by atoms with van der Waals surface area (Å²) in [5, 5.41) is 8.74. The van der Waals surface area contributed by atoms with Crippen LogP contribution in [0.4, 0.5) is 0 Å². The fraction of sp³-hybridized carbons (Fsp3) is 0. The Hall–Kier alpha value is -2.36. The van der Waals surface area contributed by atoms with Crippen LogP contribution >= 0.6 is 0 Å². The van der Waals surface area contributed by atoms with E-state index < -0.39 is 5.97 Å². The van der Waals surface area contributed by atoms with E-state index in [9.17, 15) is 9.59 Å². The molecule has 0 aliphatic rings. The first-order chi connectivity index (χ1) is 7.72. The Morgan fingerprint density at radius 3 is 2.44 bits per heavy atom. The summed E-state index contributed by atoms with van der Waals surface area (Å²) >= 11 is 0. The summed E-state index contributed by atoms with van der Waals surface area (Å²) in [4.78, 5) is 21.4. The number of hydrogen-bond donors (Lipinski definition) is 1. The van der Waals surface area contributed by atoms with Gasteiger partial charge in [-0.05, 0) is 36.4 Å². The molecular formula is C12H9NO3. The van der Waals surface area contributed by atoms with E-state index >= 15 is 0 Å². The number of aromatic nitrogens is 1. The molecule has 0 saturated heterocycles. The van der Waals surface area contributed by atoms with E-state index in [1.165, 1.54) is 12.1 Å². The summed E-state index contributed by atoms with van der Waals surface area (Å²) in [6, 6.07) is 9.79. The minimum absolute atomic E-state index is 0.226. The summed E-state index contributed by atoms with van der Waals surface area (Å²) in [5.74, 6) is -0.963. The van der Waals surface area contributed by atoms with Gasteiger partial charge >= 0.3 is 5.97 Å². The van der Waals surface area contributed by atoms with Gasteiger partial charge in [0.1, 0.15) is 0 Å². The van der Waals surface area contributed by atoms with Gasteiger partial charge in [0, 0.05) is 11.9 Å². The Balaban J connectivity index is 2.42. The van der Waals surface area contributed by atoms with Gasteiger partial charge in [-0.1, -0.05) is 0 Å². The maximum absolute atomic E-state index is 10.7. The molecule has 1 aromatic carbocycles. The largest absolute Gasteiger partial charge is 0.478 e. The maximum Gasteiger partial charge on any atom is 0.335 e. The fourth-order valence-corrected chi connectivity index (χ4v) is 1.49. The SMILES string of the molecule is O=Cc1cccn1-c1ccc(C(=O)O)cc1. The number of carbonyl (C=O) groups excluding carboxylic acids is 1. The Morgan fingerprint density at radius 2 is 1.88 bits per heavy atom. The number of rotatable bonds is 3. The van der Waals surface area contributed by atoms with Crippen LogP contribution in [0.1, 0.15) is 20.8 Å². The van der Waals surface area contributed by atoms with Crippen LogP contribution in [-0.4, -0.2) is 21.9 Å². The smallest absolute Gasteiger partial charge is 0.335 e. The van der Waals surface area contributed by atoms with Crippen LogP contribution in [0.5, 0.6) is 0 Å². The van der Waals surface area contributed by atoms with Crippen molar-refractivity contribution in [2.45, 2.75) is 0 Å². The van der Waals surface area contributed by atoms with Gasteiger partial charge in [0.2, 0.25) is 0 Å². The first-order valence-electron chi connectivity index (χ1n) is 4.68. The van der Waals surface area contributed by atoms with Crippen LogP contribution in [0.15, 0.2) is 42.6 Å². The molecule has 80 valence electrons. The Bertz CT molecular complexity index is 525. The normalized spacial score (nSPS) is 10.0. The molecule has 0 radical (unpaired) electrons. The molecule has 0 fully saturated rings. The van der Waals surface area contributed by atoms with Gasteiger partial charge in [-0.2, -0.15) is 0 Å². The molecule has 1 N–H and O–H groups in total. The standard InChI is InChI=1S/C12H9NO3/c14-8-11-2-1-7-13(11)10-5-3-9(4-6-10)12(15)16/h1-8H,(H,15,16). The van der Waals surface area contributed by atoms with Crippen LogP contribution in [-0.2, 0) is 0 Å². The number of carboxylic acid groups (broad SMARTS) is 1. The van der Waals surface area contributed by atoms with Crippen LogP contribution < -0.4 is 0 Å². The van der Waals surface area contributed by atoms with Crippen molar-refractivity contribution < 1.29 is 14.7 Å². The van der Waals surface area contributed by atoms with Crippen molar-refractivity contribution >= 4 is 12.3 Å². The minimum Gasteiger partial charge on any atom is -0.478 e. The van der Waals surface area contributed by atoms with Crippen LogP contribution in [0.2, 0.25) is 0 Å². The molecular weight excluding hydrogens is 206 g/mol. The van der Waals surface area contributed by atoms with Crippen molar-refractivity contribution in [2.24, 2.45) is 0 Å². The molecule has 16 heavy (non-hydrogen) atoms. The lowest BCUT2D eigenvalue weighted by Gasteiger charge is -2.05. The van der Waals surface area contributed by atoms with Gasteiger partial charge in [-0.3, -0.25) is 4.79 Å². The van der Waals surface area contributed by atoms with Crippen LogP contribution in [0.3, 0.4) is 0 Å². The zero-order valence-corrected chi connectivity index (χ0v) is 8.33. The summed E-state index contributed by atoms with van der Waals surface area (Å²) in [5.41, 5.74) is 1.52. The molecule has 0 amide bonds. The topological polar surface area (TPSA) is 59.3 Å². The number of carboxylic acids is 1. The van der Waals surface area contributed by atoms with Gasteiger partial charge in [0.05, 0.1) is 11.3 Å². The van der Waals surface area contributed by atoms with Gasteiger partial charge in [0.25, 0.3) is 0 Å². The summed E-state index contributed by atoms with van der Waals surface area (Å²) < 4.78 is 1.69. The highest BCUT2D eigenvalue weighted by atomic mass is 16.4. The number of aromatic carboxylic acids is 1. The number of nitrogens with zero attached hydrogens (tertiary/aromatic N) is 1. The van der Waals surface area contributed by atoms with E-state index in [4.69, 9.17) is 5.11 Å². The molecule has 4 nitrogen and oxygen atoms in total. The van der Waals surface area contributed by atoms with E-state index in [0.717, 1.165) is 12.0 Å². The molecule has 0 bridgehead atoms. The molecule has 1 aromatic heterocycles.